The Morgan fingerprint density at radius 1 is 1.22 bits per heavy atom. The van der Waals surface area contributed by atoms with E-state index >= 15 is 0 Å². The third-order valence-electron chi connectivity index (χ3n) is 4.49. The Bertz CT molecular complexity index is 850. The molecule has 0 aromatic heterocycles. The number of esters is 1. The van der Waals surface area contributed by atoms with Gasteiger partial charge in [0, 0.05) is 25.2 Å². The fourth-order valence-corrected chi connectivity index (χ4v) is 2.40. The van der Waals surface area contributed by atoms with Crippen molar-refractivity contribution in [1.29, 1.82) is 0 Å². The van der Waals surface area contributed by atoms with E-state index in [0.717, 1.165) is 23.4 Å². The van der Waals surface area contributed by atoms with E-state index in [1.165, 1.54) is 13.2 Å². The van der Waals surface area contributed by atoms with Gasteiger partial charge in [-0.2, -0.15) is 0 Å². The first kappa shape index (κ1) is 20.4. The molecule has 0 N–H and O–H groups in total. The summed E-state index contributed by atoms with van der Waals surface area (Å²) < 4.78 is 24.2. The number of nitrogens with zero attached hydrogens (tertiary/aromatic N) is 2. The lowest BCUT2D eigenvalue weighted by Gasteiger charge is -2.13. The van der Waals surface area contributed by atoms with Crippen LogP contribution in [0.15, 0.2) is 35.3 Å². The zero-order chi connectivity index (χ0) is 20.0. The summed E-state index contributed by atoms with van der Waals surface area (Å²) in [5.41, 5.74) is 3.24. The Balaban J connectivity index is 2.12. The van der Waals surface area contributed by atoms with Gasteiger partial charge in [0.05, 0.1) is 24.7 Å². The minimum atomic E-state index is -0.493. The van der Waals surface area contributed by atoms with Crippen LogP contribution in [-0.2, 0) is 11.3 Å². The minimum absolute atomic E-state index is 0.144. The van der Waals surface area contributed by atoms with E-state index in [-0.39, 0.29) is 6.61 Å². The number of benzene rings is 2. The third kappa shape index (κ3) is 5.06. The lowest BCUT2D eigenvalue weighted by molar-refractivity contribution is 0.0468. The molecule has 0 saturated heterocycles. The molecule has 144 valence electrons. The number of hydrogen-bond donors (Lipinski definition) is 0. The number of halogens is 1. The molecule has 0 spiro atoms. The molecule has 5 nitrogen and oxygen atoms in total. The molecule has 0 radical (unpaired) electrons. The molecule has 0 unspecified atom stereocenters. The van der Waals surface area contributed by atoms with E-state index in [1.807, 2.05) is 32.7 Å². The van der Waals surface area contributed by atoms with Crippen LogP contribution in [-0.4, -0.2) is 37.9 Å². The second-order valence-electron chi connectivity index (χ2n) is 6.23. The number of ether oxygens (including phenoxy) is 2. The molecule has 27 heavy (non-hydrogen) atoms. The topological polar surface area (TPSA) is 51.1 Å². The molecule has 0 heterocycles. The third-order valence-corrected chi connectivity index (χ3v) is 4.49. The Morgan fingerprint density at radius 3 is 2.59 bits per heavy atom. The van der Waals surface area contributed by atoms with Gasteiger partial charge in [0.15, 0.2) is 0 Å². The summed E-state index contributed by atoms with van der Waals surface area (Å²) >= 11 is 0. The molecule has 6 heteroatoms. The van der Waals surface area contributed by atoms with Gasteiger partial charge in [-0.15, -0.1) is 0 Å². The van der Waals surface area contributed by atoms with Crippen molar-refractivity contribution in [3.05, 3.63) is 58.4 Å². The highest BCUT2D eigenvalue weighted by Crippen LogP contribution is 2.25. The maximum absolute atomic E-state index is 14.0. The van der Waals surface area contributed by atoms with E-state index < -0.39 is 11.8 Å². The predicted molar refractivity (Wildman–Crippen MR) is 104 cm³/mol. The van der Waals surface area contributed by atoms with Crippen LogP contribution >= 0.6 is 0 Å². The zero-order valence-corrected chi connectivity index (χ0v) is 16.4. The van der Waals surface area contributed by atoms with Gasteiger partial charge < -0.3 is 14.4 Å². The Morgan fingerprint density at radius 2 is 1.96 bits per heavy atom. The van der Waals surface area contributed by atoms with Crippen LogP contribution in [0.5, 0.6) is 5.75 Å². The summed E-state index contributed by atoms with van der Waals surface area (Å²) in [6.07, 6.45) is 1.76. The first-order chi connectivity index (χ1) is 12.9. The van der Waals surface area contributed by atoms with E-state index in [9.17, 15) is 9.18 Å². The van der Waals surface area contributed by atoms with Crippen LogP contribution in [0, 0.1) is 19.7 Å². The molecular weight excluding hydrogens is 347 g/mol. The summed E-state index contributed by atoms with van der Waals surface area (Å²) in [4.78, 5) is 18.8. The van der Waals surface area contributed by atoms with E-state index in [2.05, 4.69) is 4.99 Å². The van der Waals surface area contributed by atoms with Gasteiger partial charge in [-0.25, -0.2) is 14.2 Å². The summed E-state index contributed by atoms with van der Waals surface area (Å²) in [7, 11) is 3.41. The SMILES string of the molecule is CCN(C)C=Nc1ccc(C(=O)OCc2ccc(OC)cc2F)c(C)c1C. The quantitative estimate of drug-likeness (QED) is 0.410. The minimum Gasteiger partial charge on any atom is -0.497 e. The standard InChI is InChI=1S/C21H25FN2O3/c1-6-24(4)13-23-20-10-9-18(14(2)15(20)3)21(25)27-12-16-7-8-17(26-5)11-19(16)22/h7-11,13H,6,12H2,1-5H3. The van der Waals surface area contributed by atoms with Crippen molar-refractivity contribution in [1.82, 2.24) is 4.90 Å². The van der Waals surface area contributed by atoms with E-state index in [1.54, 1.807) is 30.6 Å². The predicted octanol–water partition coefficient (Wildman–Crippen LogP) is 4.42. The van der Waals surface area contributed by atoms with Crippen molar-refractivity contribution >= 4 is 18.0 Å². The summed E-state index contributed by atoms with van der Waals surface area (Å²) in [6, 6.07) is 7.91. The summed E-state index contributed by atoms with van der Waals surface area (Å²) in [5, 5.41) is 0. The molecule has 2 aromatic carbocycles. The fourth-order valence-electron chi connectivity index (χ4n) is 2.40. The van der Waals surface area contributed by atoms with Gasteiger partial charge in [0.25, 0.3) is 0 Å². The second-order valence-corrected chi connectivity index (χ2v) is 6.23. The molecule has 0 fully saturated rings. The lowest BCUT2D eigenvalue weighted by Crippen LogP contribution is -2.14. The maximum Gasteiger partial charge on any atom is 0.338 e. The molecule has 0 bridgehead atoms. The normalized spacial score (nSPS) is 10.9. The van der Waals surface area contributed by atoms with Crippen LogP contribution in [0.1, 0.15) is 34.0 Å². The molecule has 0 aliphatic rings. The van der Waals surface area contributed by atoms with Gasteiger partial charge in [-0.05, 0) is 56.2 Å². The zero-order valence-electron chi connectivity index (χ0n) is 16.4. The molecule has 0 amide bonds. The number of hydrogen-bond acceptors (Lipinski definition) is 4. The number of aliphatic imine (C=N–C) groups is 1. The Kier molecular flexibility index (Phi) is 6.93. The largest absolute Gasteiger partial charge is 0.497 e. The molecule has 0 saturated carbocycles. The van der Waals surface area contributed by atoms with Gasteiger partial charge >= 0.3 is 5.97 Å². The van der Waals surface area contributed by atoms with Crippen molar-refractivity contribution in [2.75, 3.05) is 20.7 Å². The molecule has 2 aromatic rings. The number of carbonyl (C=O) groups excluding carboxylic acids is 1. The Hall–Kier alpha value is -2.89. The monoisotopic (exact) mass is 372 g/mol. The summed E-state index contributed by atoms with van der Waals surface area (Å²) in [6.45, 7) is 6.51. The molecule has 0 atom stereocenters. The highest BCUT2D eigenvalue weighted by molar-refractivity contribution is 5.92. The fraction of sp³-hybridized carbons (Fsp3) is 0.333. The van der Waals surface area contributed by atoms with E-state index in [4.69, 9.17) is 9.47 Å². The van der Waals surface area contributed by atoms with Crippen LogP contribution in [0.2, 0.25) is 0 Å². The van der Waals surface area contributed by atoms with Crippen molar-refractivity contribution in [2.24, 2.45) is 4.99 Å². The van der Waals surface area contributed by atoms with Gasteiger partial charge in [0.2, 0.25) is 0 Å². The molecular formula is C21H25FN2O3. The van der Waals surface area contributed by atoms with Crippen LogP contribution < -0.4 is 4.74 Å². The second kappa shape index (κ2) is 9.16. The van der Waals surface area contributed by atoms with Gasteiger partial charge in [-0.3, -0.25) is 0 Å². The average Bonchev–Trinajstić information content (AvgIpc) is 2.67. The van der Waals surface area contributed by atoms with Crippen LogP contribution in [0.4, 0.5) is 10.1 Å². The van der Waals surface area contributed by atoms with E-state index in [0.29, 0.717) is 16.9 Å². The van der Waals surface area contributed by atoms with Crippen molar-refractivity contribution < 1.29 is 18.7 Å². The Labute approximate surface area is 159 Å². The average molecular weight is 372 g/mol. The van der Waals surface area contributed by atoms with Crippen LogP contribution in [0.25, 0.3) is 0 Å². The van der Waals surface area contributed by atoms with Crippen LogP contribution in [0.3, 0.4) is 0 Å². The first-order valence-electron chi connectivity index (χ1n) is 8.71. The molecule has 0 aliphatic heterocycles. The molecule has 0 aliphatic carbocycles. The van der Waals surface area contributed by atoms with Gasteiger partial charge in [-0.1, -0.05) is 0 Å². The van der Waals surface area contributed by atoms with Crippen molar-refractivity contribution in [3.8, 4) is 5.75 Å². The van der Waals surface area contributed by atoms with Crippen molar-refractivity contribution in [2.45, 2.75) is 27.4 Å². The highest BCUT2D eigenvalue weighted by Gasteiger charge is 2.15. The van der Waals surface area contributed by atoms with Crippen molar-refractivity contribution in [3.63, 3.8) is 0 Å². The smallest absolute Gasteiger partial charge is 0.338 e. The lowest BCUT2D eigenvalue weighted by atomic mass is 10.0. The highest BCUT2D eigenvalue weighted by atomic mass is 19.1. The maximum atomic E-state index is 14.0. The number of methoxy groups -OCH3 is 1. The molecule has 2 rings (SSSR count). The summed E-state index contributed by atoms with van der Waals surface area (Å²) in [5.74, 6) is -0.550. The first-order valence-corrected chi connectivity index (χ1v) is 8.71. The van der Waals surface area contributed by atoms with Gasteiger partial charge in [0.1, 0.15) is 18.2 Å². The number of rotatable bonds is 7. The number of carbonyl (C=O) groups is 1.